The third-order valence-electron chi connectivity index (χ3n) is 4.07. The summed E-state index contributed by atoms with van der Waals surface area (Å²) in [7, 11) is -5.07. The van der Waals surface area contributed by atoms with Gasteiger partial charge in [0.2, 0.25) is 12.0 Å². The fourth-order valence-corrected chi connectivity index (χ4v) is 3.37. The third-order valence-corrected chi connectivity index (χ3v) is 5.21. The summed E-state index contributed by atoms with van der Waals surface area (Å²) in [5.41, 5.74) is -0.336. The number of carboxylic acid groups (broad SMARTS) is 4. The van der Waals surface area contributed by atoms with Gasteiger partial charge in [0.15, 0.2) is 6.04 Å². The molecule has 0 fully saturated rings. The number of nitrogens with one attached hydrogen (secondary N) is 3. The van der Waals surface area contributed by atoms with Gasteiger partial charge in [-0.3, -0.25) is 23.7 Å². The Morgan fingerprint density at radius 3 is 2.06 bits per heavy atom. The fourth-order valence-electron chi connectivity index (χ4n) is 2.31. The lowest BCUT2D eigenvalue weighted by atomic mass is 10.2. The summed E-state index contributed by atoms with van der Waals surface area (Å²) in [6.07, 6.45) is -0.600. The van der Waals surface area contributed by atoms with Crippen LogP contribution in [0, 0.1) is 5.95 Å². The minimum atomic E-state index is -5.07. The molecule has 1 heterocycles. The van der Waals surface area contributed by atoms with E-state index >= 15 is 0 Å². The molecule has 1 aromatic rings. The van der Waals surface area contributed by atoms with Crippen molar-refractivity contribution >= 4 is 43.4 Å². The van der Waals surface area contributed by atoms with Gasteiger partial charge in [-0.15, -0.1) is 0 Å². The van der Waals surface area contributed by atoms with Gasteiger partial charge in [-0.25, -0.2) is 24.2 Å². The molecule has 1 aromatic heterocycles. The molecule has 198 valence electrons. The van der Waals surface area contributed by atoms with E-state index in [0.717, 1.165) is 18.3 Å². The number of hydrogen-bond acceptors (Lipinski definition) is 9. The van der Waals surface area contributed by atoms with Gasteiger partial charge >= 0.3 is 31.6 Å². The van der Waals surface area contributed by atoms with E-state index in [9.17, 15) is 52.8 Å². The third kappa shape index (κ3) is 10.1. The molecule has 0 aliphatic heterocycles. The molecule has 2 amide bonds. The minimum Gasteiger partial charge on any atom is -0.481 e. The van der Waals surface area contributed by atoms with Crippen LogP contribution >= 0.6 is 7.75 Å². The zero-order valence-corrected chi connectivity index (χ0v) is 18.8. The molecule has 1 unspecified atom stereocenters. The van der Waals surface area contributed by atoms with Crippen LogP contribution in [0.25, 0.3) is 0 Å². The average Bonchev–Trinajstić information content (AvgIpc) is 2.77. The van der Waals surface area contributed by atoms with Crippen molar-refractivity contribution in [3.05, 3.63) is 29.8 Å². The Balaban J connectivity index is 2.86. The number of rotatable bonds is 15. The molecule has 0 aliphatic carbocycles. The second-order valence-corrected chi connectivity index (χ2v) is 8.34. The summed E-state index contributed by atoms with van der Waals surface area (Å²) >= 11 is 0. The highest BCUT2D eigenvalue weighted by Gasteiger charge is 2.35. The number of carbonyl (C=O) groups is 6. The smallest absolute Gasteiger partial charge is 0.403 e. The maximum Gasteiger partial charge on any atom is 0.403 e. The largest absolute Gasteiger partial charge is 0.481 e. The van der Waals surface area contributed by atoms with Crippen molar-refractivity contribution in [2.24, 2.45) is 0 Å². The molecule has 0 bridgehead atoms. The van der Waals surface area contributed by atoms with E-state index in [4.69, 9.17) is 10.2 Å². The number of pyridine rings is 1. The first-order valence-electron chi connectivity index (χ1n) is 9.51. The van der Waals surface area contributed by atoms with E-state index in [-0.39, 0.29) is 5.56 Å². The highest BCUT2D eigenvalue weighted by atomic mass is 31.2. The summed E-state index contributed by atoms with van der Waals surface area (Å²) in [4.78, 5) is 81.8. The van der Waals surface area contributed by atoms with Crippen LogP contribution in [0.4, 0.5) is 4.39 Å². The van der Waals surface area contributed by atoms with Gasteiger partial charge in [0.05, 0.1) is 12.2 Å². The lowest BCUT2D eigenvalue weighted by Gasteiger charge is -2.22. The molecule has 0 aliphatic rings. The monoisotopic (exact) mass is 538 g/mol. The van der Waals surface area contributed by atoms with Gasteiger partial charge in [0.1, 0.15) is 6.04 Å². The molecule has 36 heavy (non-hydrogen) atoms. The standard InChI is InChI=1S/C17H20FN4O13P/c18-10-3-1-7(5-19-10)13(25)21-12(17(31)32)14(26)20-9(16(29)30)6-35-36(33,34)22-8(15(27)28)2-4-11(23)24/h1,3,5,8-9,12H,2,4,6H2,(H,20,26)(H,21,25)(H,23,24)(H,27,28)(H,29,30)(H,31,32)(H2,22,33,34)/t8-,9-,12-/m0/s1. The molecular weight excluding hydrogens is 518 g/mol. The first-order chi connectivity index (χ1) is 16.6. The van der Waals surface area contributed by atoms with Crippen molar-refractivity contribution in [3.8, 4) is 0 Å². The van der Waals surface area contributed by atoms with Crippen LogP contribution < -0.4 is 15.7 Å². The number of aromatic nitrogens is 1. The molecule has 0 saturated heterocycles. The van der Waals surface area contributed by atoms with E-state index < -0.39 is 87.0 Å². The highest BCUT2D eigenvalue weighted by molar-refractivity contribution is 7.50. The Labute approximate surface area is 199 Å². The first kappa shape index (κ1) is 30.0. The predicted molar refractivity (Wildman–Crippen MR) is 110 cm³/mol. The number of halogens is 1. The summed E-state index contributed by atoms with van der Waals surface area (Å²) in [5, 5.41) is 41.1. The van der Waals surface area contributed by atoms with Gasteiger partial charge in [-0.05, 0) is 18.6 Å². The summed E-state index contributed by atoms with van der Waals surface area (Å²) in [6.45, 7) is -1.28. The molecule has 0 spiro atoms. The van der Waals surface area contributed by atoms with Gasteiger partial charge in [0.25, 0.3) is 11.8 Å². The molecule has 4 atom stereocenters. The molecule has 19 heteroatoms. The predicted octanol–water partition coefficient (Wildman–Crippen LogP) is -2.00. The molecular formula is C17H20FN4O13P. The fraction of sp³-hybridized carbons (Fsp3) is 0.353. The maximum atomic E-state index is 12.9. The number of carbonyl (C=O) groups excluding carboxylic acids is 2. The second-order valence-electron chi connectivity index (χ2n) is 6.78. The van der Waals surface area contributed by atoms with Crippen molar-refractivity contribution in [3.63, 3.8) is 0 Å². The van der Waals surface area contributed by atoms with E-state index in [0.29, 0.717) is 0 Å². The minimum absolute atomic E-state index is 0.336. The maximum absolute atomic E-state index is 12.9. The van der Waals surface area contributed by atoms with Crippen molar-refractivity contribution in [1.82, 2.24) is 20.7 Å². The van der Waals surface area contributed by atoms with Gasteiger partial charge < -0.3 is 36.0 Å². The van der Waals surface area contributed by atoms with Crippen LogP contribution in [-0.4, -0.2) is 90.7 Å². The van der Waals surface area contributed by atoms with Crippen LogP contribution in [0.5, 0.6) is 0 Å². The SMILES string of the molecule is O=C(O)CC[C@H](NP(=O)(O)OC[C@H](NC(=O)[C@H](NC(=O)c1ccc(F)nc1)C(=O)O)C(=O)O)C(=O)O. The number of carboxylic acids is 4. The number of amides is 2. The number of hydrogen-bond donors (Lipinski definition) is 8. The molecule has 0 saturated carbocycles. The number of aliphatic carboxylic acids is 4. The van der Waals surface area contributed by atoms with Crippen LogP contribution in [0.1, 0.15) is 23.2 Å². The van der Waals surface area contributed by atoms with Crippen LogP contribution in [0.2, 0.25) is 0 Å². The lowest BCUT2D eigenvalue weighted by molar-refractivity contribution is -0.147. The van der Waals surface area contributed by atoms with Crippen molar-refractivity contribution in [2.45, 2.75) is 31.0 Å². The molecule has 1 rings (SSSR count). The Hall–Kier alpha value is -3.99. The summed E-state index contributed by atoms with van der Waals surface area (Å²) in [6, 6.07) is -4.69. The zero-order valence-electron chi connectivity index (χ0n) is 17.9. The second kappa shape index (κ2) is 13.2. The van der Waals surface area contributed by atoms with E-state index in [1.54, 1.807) is 15.7 Å². The Bertz CT molecular complexity index is 1070. The van der Waals surface area contributed by atoms with E-state index in [1.165, 1.54) is 0 Å². The molecule has 8 N–H and O–H groups in total. The van der Waals surface area contributed by atoms with Crippen molar-refractivity contribution in [1.29, 1.82) is 0 Å². The summed E-state index contributed by atoms with van der Waals surface area (Å²) < 4.78 is 29.4. The van der Waals surface area contributed by atoms with E-state index in [2.05, 4.69) is 9.51 Å². The zero-order chi connectivity index (χ0) is 27.6. The lowest BCUT2D eigenvalue weighted by Crippen LogP contribution is -2.56. The van der Waals surface area contributed by atoms with Crippen LogP contribution in [-0.2, 0) is 33.1 Å². The van der Waals surface area contributed by atoms with Gasteiger partial charge in [-0.2, -0.15) is 4.39 Å². The van der Waals surface area contributed by atoms with Gasteiger partial charge in [0, 0.05) is 12.6 Å². The van der Waals surface area contributed by atoms with Crippen molar-refractivity contribution < 1.29 is 67.6 Å². The van der Waals surface area contributed by atoms with Crippen LogP contribution in [0.3, 0.4) is 0 Å². The van der Waals surface area contributed by atoms with Gasteiger partial charge in [-0.1, -0.05) is 0 Å². The molecule has 0 radical (unpaired) electrons. The Morgan fingerprint density at radius 1 is 0.972 bits per heavy atom. The normalized spacial score (nSPS) is 14.9. The Kier molecular flexibility index (Phi) is 11.0. The quantitative estimate of drug-likeness (QED) is 0.0681. The molecule has 17 nitrogen and oxygen atoms in total. The first-order valence-corrected chi connectivity index (χ1v) is 11.1. The topological polar surface area (TPSA) is 279 Å². The highest BCUT2D eigenvalue weighted by Crippen LogP contribution is 2.38. The van der Waals surface area contributed by atoms with Crippen LogP contribution in [0.15, 0.2) is 18.3 Å². The molecule has 0 aromatic carbocycles. The average molecular weight is 538 g/mol. The Morgan fingerprint density at radius 2 is 1.58 bits per heavy atom. The van der Waals surface area contributed by atoms with E-state index in [1.807, 2.05) is 0 Å². The summed E-state index contributed by atoms with van der Waals surface area (Å²) in [5.74, 6) is -10.6. The number of nitrogens with zero attached hydrogens (tertiary/aromatic N) is 1. The van der Waals surface area contributed by atoms with Crippen molar-refractivity contribution in [2.75, 3.05) is 6.61 Å².